The molecule has 0 aliphatic heterocycles. The topological polar surface area (TPSA) is 20.2 Å². The third kappa shape index (κ3) is 2.75. The summed E-state index contributed by atoms with van der Waals surface area (Å²) in [6.45, 7) is 8.36. The molecule has 1 N–H and O–H groups in total. The number of rotatable bonds is 1. The van der Waals surface area contributed by atoms with Gasteiger partial charge in [0.1, 0.15) is 5.75 Å². The monoisotopic (exact) mass is 216 g/mol. The van der Waals surface area contributed by atoms with Crippen LogP contribution in [0, 0.1) is 0 Å². The zero-order valence-electron chi connectivity index (χ0n) is 10.5. The Labute approximate surface area is 97.7 Å². The van der Waals surface area contributed by atoms with Crippen LogP contribution in [0.15, 0.2) is 36.4 Å². The van der Waals surface area contributed by atoms with Crippen LogP contribution < -0.4 is 0 Å². The van der Waals surface area contributed by atoms with Crippen LogP contribution >= 0.6 is 0 Å². The third-order valence-electron chi connectivity index (χ3n) is 2.51. The second-order valence-electron chi connectivity index (χ2n) is 3.95. The van der Waals surface area contributed by atoms with Gasteiger partial charge in [-0.1, -0.05) is 52.0 Å². The number of phenols is 1. The Hall–Kier alpha value is -1.50. The van der Waals surface area contributed by atoms with E-state index in [0.717, 1.165) is 5.39 Å². The highest BCUT2D eigenvalue weighted by Crippen LogP contribution is 2.24. The molecule has 0 spiro atoms. The van der Waals surface area contributed by atoms with Crippen LogP contribution in [-0.2, 0) is 0 Å². The van der Waals surface area contributed by atoms with Crippen molar-refractivity contribution in [2.75, 3.05) is 0 Å². The summed E-state index contributed by atoms with van der Waals surface area (Å²) in [6, 6.07) is 11.8. The molecule has 2 rings (SSSR count). The first-order valence-corrected chi connectivity index (χ1v) is 5.89. The van der Waals surface area contributed by atoms with Gasteiger partial charge < -0.3 is 5.11 Å². The zero-order chi connectivity index (χ0) is 12.1. The van der Waals surface area contributed by atoms with Crippen molar-refractivity contribution < 1.29 is 5.11 Å². The Morgan fingerprint density at radius 1 is 0.875 bits per heavy atom. The molecule has 1 heteroatoms. The average molecular weight is 216 g/mol. The summed E-state index contributed by atoms with van der Waals surface area (Å²) in [6.07, 6.45) is 0. The first-order chi connectivity index (χ1) is 7.66. The summed E-state index contributed by atoms with van der Waals surface area (Å²) in [7, 11) is 0. The fourth-order valence-corrected chi connectivity index (χ4v) is 1.61. The first kappa shape index (κ1) is 12.6. The van der Waals surface area contributed by atoms with E-state index >= 15 is 0 Å². The van der Waals surface area contributed by atoms with Crippen LogP contribution in [0.5, 0.6) is 5.75 Å². The lowest BCUT2D eigenvalue weighted by molar-refractivity contribution is 0.476. The predicted octanol–water partition coefficient (Wildman–Crippen LogP) is 4.70. The van der Waals surface area contributed by atoms with Crippen LogP contribution in [0.25, 0.3) is 10.8 Å². The van der Waals surface area contributed by atoms with Crippen LogP contribution in [0.3, 0.4) is 0 Å². The summed E-state index contributed by atoms with van der Waals surface area (Å²) in [4.78, 5) is 0. The van der Waals surface area contributed by atoms with E-state index in [9.17, 15) is 5.11 Å². The Bertz CT molecular complexity index is 458. The molecule has 0 fully saturated rings. The normalized spacial score (nSPS) is 10.1. The molecular weight excluding hydrogens is 196 g/mol. The molecule has 0 aliphatic carbocycles. The molecule has 16 heavy (non-hydrogen) atoms. The van der Waals surface area contributed by atoms with E-state index in [-0.39, 0.29) is 0 Å². The van der Waals surface area contributed by atoms with Crippen molar-refractivity contribution in [3.8, 4) is 5.75 Å². The Balaban J connectivity index is 0.000000606. The second-order valence-corrected chi connectivity index (χ2v) is 3.95. The van der Waals surface area contributed by atoms with Gasteiger partial charge >= 0.3 is 0 Å². The molecule has 2 aromatic carbocycles. The molecule has 0 aromatic heterocycles. The van der Waals surface area contributed by atoms with Crippen molar-refractivity contribution in [1.29, 1.82) is 0 Å². The number of hydrogen-bond acceptors (Lipinski definition) is 1. The van der Waals surface area contributed by atoms with Crippen molar-refractivity contribution in [2.45, 2.75) is 33.6 Å². The molecule has 1 nitrogen and oxygen atoms in total. The molecule has 0 saturated carbocycles. The van der Waals surface area contributed by atoms with Crippen molar-refractivity contribution in [3.05, 3.63) is 42.0 Å². The highest BCUT2D eigenvalue weighted by Gasteiger charge is 2.00. The minimum Gasteiger partial charge on any atom is -0.508 e. The number of aromatic hydroxyl groups is 1. The molecule has 0 heterocycles. The molecule has 0 radical (unpaired) electrons. The van der Waals surface area contributed by atoms with E-state index in [1.807, 2.05) is 19.9 Å². The molecule has 0 bridgehead atoms. The van der Waals surface area contributed by atoms with Crippen molar-refractivity contribution in [1.82, 2.24) is 0 Å². The lowest BCUT2D eigenvalue weighted by atomic mass is 9.99. The Morgan fingerprint density at radius 2 is 1.44 bits per heavy atom. The van der Waals surface area contributed by atoms with Crippen LogP contribution in [0.1, 0.15) is 39.2 Å². The number of phenolic OH excluding ortho intramolecular Hbond substituents is 1. The van der Waals surface area contributed by atoms with Gasteiger partial charge in [-0.3, -0.25) is 0 Å². The van der Waals surface area contributed by atoms with E-state index in [1.165, 1.54) is 10.9 Å². The van der Waals surface area contributed by atoms with E-state index < -0.39 is 0 Å². The summed E-state index contributed by atoms with van der Waals surface area (Å²) < 4.78 is 0. The quantitative estimate of drug-likeness (QED) is 0.732. The maximum absolute atomic E-state index is 9.31. The van der Waals surface area contributed by atoms with Gasteiger partial charge in [0.2, 0.25) is 0 Å². The van der Waals surface area contributed by atoms with E-state index in [0.29, 0.717) is 11.7 Å². The zero-order valence-corrected chi connectivity index (χ0v) is 10.5. The molecule has 0 amide bonds. The number of fused-ring (bicyclic) bond motifs is 1. The molecule has 0 unspecified atom stereocenters. The minimum atomic E-state index is 0.329. The van der Waals surface area contributed by atoms with E-state index in [4.69, 9.17) is 0 Å². The second kappa shape index (κ2) is 5.55. The number of benzene rings is 2. The lowest BCUT2D eigenvalue weighted by Crippen LogP contribution is -1.86. The molecule has 86 valence electrons. The van der Waals surface area contributed by atoms with Crippen molar-refractivity contribution in [3.63, 3.8) is 0 Å². The summed E-state index contributed by atoms with van der Waals surface area (Å²) in [5.41, 5.74) is 1.34. The van der Waals surface area contributed by atoms with Crippen LogP contribution in [0.4, 0.5) is 0 Å². The van der Waals surface area contributed by atoms with Crippen molar-refractivity contribution in [2.24, 2.45) is 0 Å². The predicted molar refractivity (Wildman–Crippen MR) is 71.0 cm³/mol. The Kier molecular flexibility index (Phi) is 4.36. The SMILES string of the molecule is CC.CC(C)c1ccc2cc(O)ccc2c1. The third-order valence-corrected chi connectivity index (χ3v) is 2.51. The Morgan fingerprint density at radius 3 is 2.06 bits per heavy atom. The lowest BCUT2D eigenvalue weighted by Gasteiger charge is -2.06. The smallest absolute Gasteiger partial charge is 0.116 e. The molecular formula is C15H20O. The van der Waals surface area contributed by atoms with Gasteiger partial charge in [-0.15, -0.1) is 0 Å². The van der Waals surface area contributed by atoms with E-state index in [2.05, 4.69) is 32.0 Å². The summed E-state index contributed by atoms with van der Waals surface area (Å²) >= 11 is 0. The van der Waals surface area contributed by atoms with Gasteiger partial charge in [0.15, 0.2) is 0 Å². The molecule has 2 aromatic rings. The van der Waals surface area contributed by atoms with Crippen LogP contribution in [-0.4, -0.2) is 5.11 Å². The molecule has 0 aliphatic rings. The van der Waals surface area contributed by atoms with Crippen molar-refractivity contribution >= 4 is 10.8 Å². The maximum atomic E-state index is 9.31. The minimum absolute atomic E-state index is 0.329. The van der Waals surface area contributed by atoms with Gasteiger partial charge in [0, 0.05) is 0 Å². The van der Waals surface area contributed by atoms with Gasteiger partial charge in [-0.05, 0) is 34.4 Å². The fraction of sp³-hybridized carbons (Fsp3) is 0.333. The van der Waals surface area contributed by atoms with E-state index in [1.54, 1.807) is 12.1 Å². The average Bonchev–Trinajstić information content (AvgIpc) is 2.30. The fourth-order valence-electron chi connectivity index (χ4n) is 1.61. The maximum Gasteiger partial charge on any atom is 0.116 e. The van der Waals surface area contributed by atoms with Crippen LogP contribution in [0.2, 0.25) is 0 Å². The first-order valence-electron chi connectivity index (χ1n) is 5.89. The highest BCUT2D eigenvalue weighted by molar-refractivity contribution is 5.84. The van der Waals surface area contributed by atoms with Gasteiger partial charge in [-0.25, -0.2) is 0 Å². The highest BCUT2D eigenvalue weighted by atomic mass is 16.3. The van der Waals surface area contributed by atoms with Gasteiger partial charge in [0.25, 0.3) is 0 Å². The van der Waals surface area contributed by atoms with Gasteiger partial charge in [-0.2, -0.15) is 0 Å². The molecule has 0 atom stereocenters. The van der Waals surface area contributed by atoms with Gasteiger partial charge in [0.05, 0.1) is 0 Å². The number of hydrogen-bond donors (Lipinski definition) is 1. The summed E-state index contributed by atoms with van der Waals surface area (Å²) in [5, 5.41) is 11.6. The summed E-state index contributed by atoms with van der Waals surface area (Å²) in [5.74, 6) is 0.878. The standard InChI is InChI=1S/C13H14O.C2H6/c1-9(2)10-3-4-12-8-13(14)6-5-11(12)7-10;1-2/h3-9,14H,1-2H3;1-2H3. The molecule has 0 saturated heterocycles. The largest absolute Gasteiger partial charge is 0.508 e.